The van der Waals surface area contributed by atoms with E-state index in [1.165, 1.54) is 18.2 Å². The van der Waals surface area contributed by atoms with Crippen LogP contribution in [0, 0.1) is 13.8 Å². The molecule has 2 aromatic rings. The molecule has 0 aliphatic carbocycles. The van der Waals surface area contributed by atoms with Crippen molar-refractivity contribution in [3.05, 3.63) is 58.1 Å². The molecule has 1 amide bonds. The maximum absolute atomic E-state index is 12.3. The molecule has 24 heavy (non-hydrogen) atoms. The van der Waals surface area contributed by atoms with E-state index in [2.05, 4.69) is 12.2 Å². The molecule has 128 valence electrons. The van der Waals surface area contributed by atoms with E-state index in [1.54, 1.807) is 18.2 Å². The number of halogens is 1. The molecule has 4 nitrogen and oxygen atoms in total. The van der Waals surface area contributed by atoms with E-state index in [-0.39, 0.29) is 11.9 Å². The summed E-state index contributed by atoms with van der Waals surface area (Å²) in [5.74, 6) is 1.14. The standard InChI is InChI=1S/C19H22ClNO3/c1-12-5-7-16(9-13(12)2)24-11-14(3)21-19(22)15-6-8-18(23-4)17(20)10-15/h5-10,14H,11H2,1-4H3,(H,21,22)/t14-/m1/s1. The van der Waals surface area contributed by atoms with Crippen LogP contribution in [0.25, 0.3) is 0 Å². The van der Waals surface area contributed by atoms with Crippen molar-refractivity contribution in [2.75, 3.05) is 13.7 Å². The number of hydrogen-bond acceptors (Lipinski definition) is 3. The van der Waals surface area contributed by atoms with Gasteiger partial charge in [0.05, 0.1) is 18.2 Å². The number of methoxy groups -OCH3 is 1. The third-order valence-corrected chi connectivity index (χ3v) is 4.07. The Labute approximate surface area is 147 Å². The molecule has 5 heteroatoms. The molecule has 0 spiro atoms. The van der Waals surface area contributed by atoms with Crippen molar-refractivity contribution in [1.82, 2.24) is 5.32 Å². The zero-order valence-corrected chi connectivity index (χ0v) is 15.1. The fraction of sp³-hybridized carbons (Fsp3) is 0.316. The van der Waals surface area contributed by atoms with Gasteiger partial charge in [0.15, 0.2) is 0 Å². The molecule has 0 radical (unpaired) electrons. The molecule has 2 aromatic carbocycles. The molecule has 0 saturated carbocycles. The highest BCUT2D eigenvalue weighted by Crippen LogP contribution is 2.24. The topological polar surface area (TPSA) is 47.6 Å². The summed E-state index contributed by atoms with van der Waals surface area (Å²) in [4.78, 5) is 12.3. The van der Waals surface area contributed by atoms with Crippen molar-refractivity contribution in [3.8, 4) is 11.5 Å². The Balaban J connectivity index is 1.91. The molecule has 0 bridgehead atoms. The molecule has 0 heterocycles. The van der Waals surface area contributed by atoms with Crippen LogP contribution < -0.4 is 14.8 Å². The first-order valence-corrected chi connectivity index (χ1v) is 8.13. The van der Waals surface area contributed by atoms with Gasteiger partial charge in [-0.15, -0.1) is 0 Å². The van der Waals surface area contributed by atoms with Crippen LogP contribution in [0.2, 0.25) is 5.02 Å². The van der Waals surface area contributed by atoms with Gasteiger partial charge >= 0.3 is 0 Å². The molecule has 1 atom stereocenters. The van der Waals surface area contributed by atoms with Gasteiger partial charge in [-0.05, 0) is 62.2 Å². The molecule has 0 saturated heterocycles. The summed E-state index contributed by atoms with van der Waals surface area (Å²) < 4.78 is 10.8. The molecule has 1 N–H and O–H groups in total. The first-order valence-electron chi connectivity index (χ1n) is 7.75. The van der Waals surface area contributed by atoms with Crippen molar-refractivity contribution < 1.29 is 14.3 Å². The summed E-state index contributed by atoms with van der Waals surface area (Å²) in [5, 5.41) is 3.30. The van der Waals surface area contributed by atoms with Gasteiger partial charge in [-0.25, -0.2) is 0 Å². The lowest BCUT2D eigenvalue weighted by Crippen LogP contribution is -2.36. The van der Waals surface area contributed by atoms with Gasteiger partial charge in [0.2, 0.25) is 0 Å². The third kappa shape index (κ3) is 4.65. The van der Waals surface area contributed by atoms with Crippen molar-refractivity contribution in [1.29, 1.82) is 0 Å². The molecule has 0 unspecified atom stereocenters. The van der Waals surface area contributed by atoms with Crippen LogP contribution in [0.5, 0.6) is 11.5 Å². The predicted octanol–water partition coefficient (Wildman–Crippen LogP) is 4.16. The van der Waals surface area contributed by atoms with E-state index in [9.17, 15) is 4.79 Å². The van der Waals surface area contributed by atoms with E-state index in [4.69, 9.17) is 21.1 Å². The number of aryl methyl sites for hydroxylation is 2. The van der Waals surface area contributed by atoms with E-state index < -0.39 is 0 Å². The SMILES string of the molecule is COc1ccc(C(=O)N[C@H](C)COc2ccc(C)c(C)c2)cc1Cl. The number of carbonyl (C=O) groups is 1. The number of rotatable bonds is 6. The first kappa shape index (κ1) is 18.1. The number of nitrogens with one attached hydrogen (secondary N) is 1. The van der Waals surface area contributed by atoms with Gasteiger partial charge in [-0.3, -0.25) is 4.79 Å². The number of amides is 1. The zero-order chi connectivity index (χ0) is 17.7. The Morgan fingerprint density at radius 2 is 1.92 bits per heavy atom. The minimum atomic E-state index is -0.198. The fourth-order valence-corrected chi connectivity index (χ4v) is 2.44. The largest absolute Gasteiger partial charge is 0.495 e. The van der Waals surface area contributed by atoms with Gasteiger partial charge in [-0.2, -0.15) is 0 Å². The minimum Gasteiger partial charge on any atom is -0.495 e. The second-order valence-electron chi connectivity index (χ2n) is 5.78. The Morgan fingerprint density at radius 1 is 1.17 bits per heavy atom. The summed E-state index contributed by atoms with van der Waals surface area (Å²) >= 11 is 6.05. The summed E-state index contributed by atoms with van der Waals surface area (Å²) in [7, 11) is 1.53. The van der Waals surface area contributed by atoms with Crippen LogP contribution >= 0.6 is 11.6 Å². The van der Waals surface area contributed by atoms with Crippen molar-refractivity contribution in [2.24, 2.45) is 0 Å². The van der Waals surface area contributed by atoms with Crippen LogP contribution in [-0.4, -0.2) is 25.7 Å². The van der Waals surface area contributed by atoms with Crippen molar-refractivity contribution >= 4 is 17.5 Å². The third-order valence-electron chi connectivity index (χ3n) is 3.77. The van der Waals surface area contributed by atoms with Gasteiger partial charge < -0.3 is 14.8 Å². The van der Waals surface area contributed by atoms with Crippen LogP contribution in [-0.2, 0) is 0 Å². The van der Waals surface area contributed by atoms with E-state index in [0.717, 1.165) is 5.75 Å². The lowest BCUT2D eigenvalue weighted by molar-refractivity contribution is 0.0926. The molecular formula is C19H22ClNO3. The highest BCUT2D eigenvalue weighted by molar-refractivity contribution is 6.32. The Bertz CT molecular complexity index is 731. The van der Waals surface area contributed by atoms with Crippen LogP contribution in [0.3, 0.4) is 0 Å². The number of benzene rings is 2. The van der Waals surface area contributed by atoms with Gasteiger partial charge in [-0.1, -0.05) is 17.7 Å². The monoisotopic (exact) mass is 347 g/mol. The van der Waals surface area contributed by atoms with Crippen molar-refractivity contribution in [3.63, 3.8) is 0 Å². The first-order chi connectivity index (χ1) is 11.4. The second-order valence-corrected chi connectivity index (χ2v) is 6.19. The minimum absolute atomic E-state index is 0.139. The molecule has 0 aliphatic rings. The fourth-order valence-electron chi connectivity index (χ4n) is 2.18. The maximum atomic E-state index is 12.3. The molecule has 0 fully saturated rings. The average Bonchev–Trinajstić information content (AvgIpc) is 2.55. The summed E-state index contributed by atoms with van der Waals surface area (Å²) in [5.41, 5.74) is 2.89. The van der Waals surface area contributed by atoms with Gasteiger partial charge in [0.25, 0.3) is 5.91 Å². The predicted molar refractivity (Wildman–Crippen MR) is 96.3 cm³/mol. The normalized spacial score (nSPS) is 11.7. The van der Waals surface area contributed by atoms with Gasteiger partial charge in [0, 0.05) is 5.56 Å². The lowest BCUT2D eigenvalue weighted by atomic mass is 10.1. The highest BCUT2D eigenvalue weighted by Gasteiger charge is 2.12. The molecule has 2 rings (SSSR count). The van der Waals surface area contributed by atoms with E-state index in [0.29, 0.717) is 22.9 Å². The van der Waals surface area contributed by atoms with E-state index in [1.807, 2.05) is 32.0 Å². The maximum Gasteiger partial charge on any atom is 0.251 e. The smallest absolute Gasteiger partial charge is 0.251 e. The van der Waals surface area contributed by atoms with Crippen molar-refractivity contribution in [2.45, 2.75) is 26.8 Å². The quantitative estimate of drug-likeness (QED) is 0.853. The van der Waals surface area contributed by atoms with Crippen LogP contribution in [0.15, 0.2) is 36.4 Å². The summed E-state index contributed by atoms with van der Waals surface area (Å²) in [6.07, 6.45) is 0. The molecule has 0 aliphatic heterocycles. The van der Waals surface area contributed by atoms with E-state index >= 15 is 0 Å². The Morgan fingerprint density at radius 3 is 2.54 bits per heavy atom. The number of carbonyl (C=O) groups excluding carboxylic acids is 1. The van der Waals surface area contributed by atoms with Gasteiger partial charge in [0.1, 0.15) is 18.1 Å². The van der Waals surface area contributed by atoms with Crippen LogP contribution in [0.4, 0.5) is 0 Å². The second kappa shape index (κ2) is 8.06. The summed E-state index contributed by atoms with van der Waals surface area (Å²) in [6.45, 7) is 6.38. The summed E-state index contributed by atoms with van der Waals surface area (Å²) in [6, 6.07) is 10.7. The number of hydrogen-bond donors (Lipinski definition) is 1. The number of ether oxygens (including phenoxy) is 2. The zero-order valence-electron chi connectivity index (χ0n) is 14.4. The Kier molecular flexibility index (Phi) is 6.10. The highest BCUT2D eigenvalue weighted by atomic mass is 35.5. The lowest BCUT2D eigenvalue weighted by Gasteiger charge is -2.16. The molecular weight excluding hydrogens is 326 g/mol. The average molecular weight is 348 g/mol. The van der Waals surface area contributed by atoms with Crippen LogP contribution in [0.1, 0.15) is 28.4 Å². The Hall–Kier alpha value is -2.20. The molecule has 0 aromatic heterocycles.